The molecular weight excluding hydrogens is 346 g/mol. The minimum Gasteiger partial charge on any atom is -0.496 e. The van der Waals surface area contributed by atoms with E-state index in [0.717, 1.165) is 11.6 Å². The molecule has 0 radical (unpaired) electrons. The van der Waals surface area contributed by atoms with Gasteiger partial charge in [0.2, 0.25) is 0 Å². The van der Waals surface area contributed by atoms with Gasteiger partial charge in [-0.3, -0.25) is 14.9 Å². The molecule has 0 fully saturated rings. The number of hydrogen-bond donors (Lipinski definition) is 1. The van der Waals surface area contributed by atoms with E-state index in [1.165, 1.54) is 24.8 Å². The third kappa shape index (κ3) is 4.91. The molecular formula is C20H23N3O4. The molecule has 0 saturated heterocycles. The van der Waals surface area contributed by atoms with E-state index < -0.39 is 10.8 Å². The van der Waals surface area contributed by atoms with Gasteiger partial charge in [-0.1, -0.05) is 45.0 Å². The number of methoxy groups -OCH3 is 1. The zero-order valence-corrected chi connectivity index (χ0v) is 16.1. The lowest BCUT2D eigenvalue weighted by atomic mass is 9.86. The van der Waals surface area contributed by atoms with Crippen LogP contribution in [0.5, 0.6) is 5.75 Å². The monoisotopic (exact) mass is 369 g/mol. The molecule has 0 bridgehead atoms. The van der Waals surface area contributed by atoms with Crippen molar-refractivity contribution in [2.45, 2.75) is 33.1 Å². The molecule has 0 aromatic heterocycles. The third-order valence-corrected chi connectivity index (χ3v) is 4.13. The highest BCUT2D eigenvalue weighted by molar-refractivity contribution is 6.01. The van der Waals surface area contributed by atoms with Gasteiger partial charge >= 0.3 is 0 Å². The van der Waals surface area contributed by atoms with E-state index >= 15 is 0 Å². The van der Waals surface area contributed by atoms with Gasteiger partial charge in [0.05, 0.1) is 23.3 Å². The molecule has 0 aliphatic heterocycles. The van der Waals surface area contributed by atoms with Gasteiger partial charge in [-0.25, -0.2) is 5.43 Å². The number of hydrogen-bond acceptors (Lipinski definition) is 5. The zero-order chi connectivity index (χ0) is 20.2. The number of nitrogens with zero attached hydrogens (tertiary/aromatic N) is 2. The molecule has 0 atom stereocenters. The van der Waals surface area contributed by atoms with Crippen molar-refractivity contribution in [1.29, 1.82) is 0 Å². The number of nitro benzene ring substituents is 1. The van der Waals surface area contributed by atoms with Crippen LogP contribution in [-0.4, -0.2) is 23.7 Å². The Balaban J connectivity index is 2.20. The van der Waals surface area contributed by atoms with Crippen LogP contribution < -0.4 is 10.2 Å². The molecule has 0 saturated carbocycles. The lowest BCUT2D eigenvalue weighted by molar-refractivity contribution is -0.384. The maximum absolute atomic E-state index is 12.4. The van der Waals surface area contributed by atoms with E-state index in [1.54, 1.807) is 6.92 Å². The van der Waals surface area contributed by atoms with Crippen LogP contribution in [0.4, 0.5) is 5.69 Å². The lowest BCUT2D eigenvalue weighted by Gasteiger charge is -2.19. The first-order chi connectivity index (χ1) is 12.6. The van der Waals surface area contributed by atoms with E-state index in [2.05, 4.69) is 31.3 Å². The number of ether oxygens (including phenoxy) is 1. The standard InChI is InChI=1S/C20H23N3O4/c1-13(14-6-8-15(9-7-14)20(2,3)4)21-22-19(24)17-12-16(23(25)26)10-11-18(17)27-5/h6-12H,1-5H3,(H,22,24)/b21-13-. The summed E-state index contributed by atoms with van der Waals surface area (Å²) in [6.45, 7) is 8.18. The normalized spacial score (nSPS) is 11.8. The number of hydrazone groups is 1. The highest BCUT2D eigenvalue weighted by Gasteiger charge is 2.17. The Morgan fingerprint density at radius 2 is 1.78 bits per heavy atom. The fraction of sp³-hybridized carbons (Fsp3) is 0.300. The van der Waals surface area contributed by atoms with Crippen molar-refractivity contribution in [1.82, 2.24) is 5.43 Å². The second-order valence-electron chi connectivity index (χ2n) is 7.11. The van der Waals surface area contributed by atoms with Crippen LogP contribution in [0.1, 0.15) is 49.2 Å². The maximum atomic E-state index is 12.4. The summed E-state index contributed by atoms with van der Waals surface area (Å²) in [5.74, 6) is -0.346. The van der Waals surface area contributed by atoms with E-state index in [4.69, 9.17) is 4.74 Å². The Morgan fingerprint density at radius 3 is 2.30 bits per heavy atom. The number of carbonyl (C=O) groups is 1. The van der Waals surface area contributed by atoms with Crippen molar-refractivity contribution in [3.05, 3.63) is 69.3 Å². The average Bonchev–Trinajstić information content (AvgIpc) is 2.64. The predicted molar refractivity (Wildman–Crippen MR) is 104 cm³/mol. The smallest absolute Gasteiger partial charge is 0.275 e. The van der Waals surface area contributed by atoms with Crippen LogP contribution in [0.15, 0.2) is 47.6 Å². The van der Waals surface area contributed by atoms with Crippen LogP contribution in [0, 0.1) is 10.1 Å². The average molecular weight is 369 g/mol. The second kappa shape index (κ2) is 7.99. The van der Waals surface area contributed by atoms with Gasteiger partial charge in [-0.2, -0.15) is 5.10 Å². The van der Waals surface area contributed by atoms with Crippen LogP contribution >= 0.6 is 0 Å². The summed E-state index contributed by atoms with van der Waals surface area (Å²) in [5, 5.41) is 15.0. The quantitative estimate of drug-likeness (QED) is 0.489. The summed E-state index contributed by atoms with van der Waals surface area (Å²) in [4.78, 5) is 22.8. The third-order valence-electron chi connectivity index (χ3n) is 4.13. The minimum absolute atomic E-state index is 0.0475. The van der Waals surface area contributed by atoms with Crippen molar-refractivity contribution in [3.63, 3.8) is 0 Å². The topological polar surface area (TPSA) is 93.8 Å². The first-order valence-corrected chi connectivity index (χ1v) is 8.41. The Labute approximate surface area is 158 Å². The van der Waals surface area contributed by atoms with E-state index in [1.807, 2.05) is 24.3 Å². The Hall–Kier alpha value is -3.22. The van der Waals surface area contributed by atoms with Crippen LogP contribution in [0.25, 0.3) is 0 Å². The van der Waals surface area contributed by atoms with Gasteiger partial charge < -0.3 is 4.74 Å². The molecule has 0 spiro atoms. The lowest BCUT2D eigenvalue weighted by Crippen LogP contribution is -2.20. The first-order valence-electron chi connectivity index (χ1n) is 8.41. The van der Waals surface area contributed by atoms with E-state index in [-0.39, 0.29) is 22.4 Å². The predicted octanol–water partition coefficient (Wildman–Crippen LogP) is 4.05. The van der Waals surface area contributed by atoms with Gasteiger partial charge in [0.1, 0.15) is 5.75 Å². The number of nitrogens with one attached hydrogen (secondary N) is 1. The molecule has 1 amide bonds. The number of non-ortho nitro benzene ring substituents is 1. The minimum atomic E-state index is -0.582. The summed E-state index contributed by atoms with van der Waals surface area (Å²) < 4.78 is 5.11. The molecule has 2 rings (SSSR count). The molecule has 7 heteroatoms. The summed E-state index contributed by atoms with van der Waals surface area (Å²) in [5.41, 5.74) is 5.02. The van der Waals surface area contributed by atoms with Crippen molar-refractivity contribution in [2.75, 3.05) is 7.11 Å². The molecule has 27 heavy (non-hydrogen) atoms. The fourth-order valence-electron chi connectivity index (χ4n) is 2.46. The largest absolute Gasteiger partial charge is 0.496 e. The van der Waals surface area contributed by atoms with Crippen molar-refractivity contribution < 1.29 is 14.5 Å². The molecule has 7 nitrogen and oxygen atoms in total. The molecule has 0 unspecified atom stereocenters. The zero-order valence-electron chi connectivity index (χ0n) is 16.1. The van der Waals surface area contributed by atoms with E-state index in [9.17, 15) is 14.9 Å². The Bertz CT molecular complexity index is 881. The molecule has 142 valence electrons. The van der Waals surface area contributed by atoms with Gasteiger partial charge in [-0.15, -0.1) is 0 Å². The Kier molecular flexibility index (Phi) is 5.95. The number of rotatable bonds is 5. The summed E-state index contributed by atoms with van der Waals surface area (Å²) in [7, 11) is 1.39. The van der Waals surface area contributed by atoms with Gasteiger partial charge in [0.15, 0.2) is 0 Å². The van der Waals surface area contributed by atoms with Gasteiger partial charge in [-0.05, 0) is 29.5 Å². The molecule has 2 aromatic carbocycles. The maximum Gasteiger partial charge on any atom is 0.275 e. The summed E-state index contributed by atoms with van der Waals surface area (Å²) in [6.07, 6.45) is 0. The van der Waals surface area contributed by atoms with Crippen molar-refractivity contribution >= 4 is 17.3 Å². The Morgan fingerprint density at radius 1 is 1.15 bits per heavy atom. The number of nitro groups is 1. The number of amides is 1. The van der Waals surface area contributed by atoms with Gasteiger partial charge in [0, 0.05) is 12.1 Å². The number of carbonyl (C=O) groups excluding carboxylic acids is 1. The molecule has 0 aliphatic rings. The van der Waals surface area contributed by atoms with Crippen molar-refractivity contribution in [3.8, 4) is 5.75 Å². The SMILES string of the molecule is COc1ccc([N+](=O)[O-])cc1C(=O)N/N=C(/C)c1ccc(C(C)(C)C)cc1. The van der Waals surface area contributed by atoms with Crippen LogP contribution in [0.3, 0.4) is 0 Å². The first kappa shape index (κ1) is 20.1. The summed E-state index contributed by atoms with van der Waals surface area (Å²) in [6, 6.07) is 11.8. The highest BCUT2D eigenvalue weighted by Crippen LogP contribution is 2.24. The molecule has 1 N–H and O–H groups in total. The fourth-order valence-corrected chi connectivity index (χ4v) is 2.46. The molecule has 0 aliphatic carbocycles. The molecule has 2 aromatic rings. The second-order valence-corrected chi connectivity index (χ2v) is 7.11. The van der Waals surface area contributed by atoms with Crippen LogP contribution in [-0.2, 0) is 5.41 Å². The number of benzene rings is 2. The van der Waals surface area contributed by atoms with E-state index in [0.29, 0.717) is 5.71 Å². The molecule has 0 heterocycles. The summed E-state index contributed by atoms with van der Waals surface area (Å²) >= 11 is 0. The van der Waals surface area contributed by atoms with Crippen LogP contribution in [0.2, 0.25) is 0 Å². The highest BCUT2D eigenvalue weighted by atomic mass is 16.6. The van der Waals surface area contributed by atoms with Gasteiger partial charge in [0.25, 0.3) is 11.6 Å². The van der Waals surface area contributed by atoms with Crippen molar-refractivity contribution in [2.24, 2.45) is 5.10 Å².